The molecule has 0 bridgehead atoms. The first-order chi connectivity index (χ1) is 11.0. The van der Waals surface area contributed by atoms with E-state index in [0.29, 0.717) is 30.2 Å². The number of aryl methyl sites for hydroxylation is 1. The summed E-state index contributed by atoms with van der Waals surface area (Å²) in [5.74, 6) is 0.601. The Bertz CT molecular complexity index is 586. The fourth-order valence-corrected chi connectivity index (χ4v) is 2.51. The third-order valence-electron chi connectivity index (χ3n) is 4.21. The lowest BCUT2D eigenvalue weighted by molar-refractivity contribution is 0.0954. The Morgan fingerprint density at radius 2 is 2.08 bits per heavy atom. The van der Waals surface area contributed by atoms with Crippen LogP contribution in [0.15, 0.2) is 23.2 Å². The highest BCUT2D eigenvalue weighted by molar-refractivity contribution is 14.0. The smallest absolute Gasteiger partial charge is 0.251 e. The van der Waals surface area contributed by atoms with Gasteiger partial charge in [-0.25, -0.2) is 4.39 Å². The van der Waals surface area contributed by atoms with Crippen LogP contribution in [0, 0.1) is 18.7 Å². The Morgan fingerprint density at radius 3 is 2.71 bits per heavy atom. The lowest BCUT2D eigenvalue weighted by Crippen LogP contribution is -2.42. The van der Waals surface area contributed by atoms with Crippen LogP contribution in [0.25, 0.3) is 0 Å². The van der Waals surface area contributed by atoms with E-state index in [2.05, 4.69) is 22.1 Å². The second-order valence-corrected chi connectivity index (χ2v) is 6.13. The molecule has 0 aliphatic carbocycles. The zero-order valence-electron chi connectivity index (χ0n) is 14.2. The fraction of sp³-hybridized carbons (Fsp3) is 0.529. The van der Waals surface area contributed by atoms with Crippen LogP contribution in [-0.4, -0.2) is 42.9 Å². The molecule has 1 amide bonds. The highest BCUT2D eigenvalue weighted by Gasteiger charge is 2.16. The van der Waals surface area contributed by atoms with E-state index in [1.54, 1.807) is 19.1 Å². The average molecular weight is 448 g/mol. The van der Waals surface area contributed by atoms with Crippen LogP contribution in [-0.2, 0) is 0 Å². The predicted octanol–water partition coefficient (Wildman–Crippen LogP) is 2.53. The summed E-state index contributed by atoms with van der Waals surface area (Å²) >= 11 is 0. The number of hydrogen-bond donors (Lipinski definition) is 2. The highest BCUT2D eigenvalue weighted by Crippen LogP contribution is 2.15. The highest BCUT2D eigenvalue weighted by atomic mass is 127. The number of nitrogens with one attached hydrogen (secondary N) is 1. The Labute approximate surface area is 159 Å². The van der Waals surface area contributed by atoms with E-state index in [1.807, 2.05) is 0 Å². The standard InChI is InChI=1S/C17H25FN4O.HI/c1-12-5-9-22(10-6-12)17(19)21-8-7-20-16(23)14-4-3-13(2)15(18)11-14;/h3-4,11-12H,5-10H2,1-2H3,(H2,19,21)(H,20,23);1H. The third-order valence-corrected chi connectivity index (χ3v) is 4.21. The van der Waals surface area contributed by atoms with Crippen LogP contribution >= 0.6 is 24.0 Å². The maximum Gasteiger partial charge on any atom is 0.251 e. The second-order valence-electron chi connectivity index (χ2n) is 6.13. The Kier molecular flexibility index (Phi) is 8.44. The number of aliphatic imine (C=N–C) groups is 1. The number of guanidine groups is 1. The number of piperidine rings is 1. The molecule has 0 aromatic heterocycles. The van der Waals surface area contributed by atoms with Crippen molar-refractivity contribution in [2.75, 3.05) is 26.2 Å². The summed E-state index contributed by atoms with van der Waals surface area (Å²) in [6.45, 7) is 6.57. The maximum atomic E-state index is 13.4. The van der Waals surface area contributed by atoms with E-state index in [1.165, 1.54) is 6.07 Å². The quantitative estimate of drug-likeness (QED) is 0.322. The lowest BCUT2D eigenvalue weighted by atomic mass is 10.00. The molecule has 24 heavy (non-hydrogen) atoms. The molecule has 134 valence electrons. The van der Waals surface area contributed by atoms with Gasteiger partial charge in [-0.15, -0.1) is 24.0 Å². The lowest BCUT2D eigenvalue weighted by Gasteiger charge is -2.31. The summed E-state index contributed by atoms with van der Waals surface area (Å²) in [6.07, 6.45) is 2.26. The van der Waals surface area contributed by atoms with Gasteiger partial charge in [-0.1, -0.05) is 13.0 Å². The van der Waals surface area contributed by atoms with E-state index in [9.17, 15) is 9.18 Å². The topological polar surface area (TPSA) is 70.7 Å². The normalized spacial score (nSPS) is 15.8. The first kappa shape index (κ1) is 20.7. The minimum Gasteiger partial charge on any atom is -0.370 e. The van der Waals surface area contributed by atoms with Crippen LogP contribution in [0.4, 0.5) is 4.39 Å². The SMILES string of the molecule is Cc1ccc(C(=O)NCCN=C(N)N2CCC(C)CC2)cc1F.I. The molecule has 1 fully saturated rings. The molecule has 2 rings (SSSR count). The molecule has 0 saturated carbocycles. The first-order valence-corrected chi connectivity index (χ1v) is 8.06. The van der Waals surface area contributed by atoms with Crippen molar-refractivity contribution in [2.45, 2.75) is 26.7 Å². The van der Waals surface area contributed by atoms with Gasteiger partial charge in [0.05, 0.1) is 6.54 Å². The van der Waals surface area contributed by atoms with Crippen molar-refractivity contribution >= 4 is 35.8 Å². The molecule has 1 aliphatic heterocycles. The van der Waals surface area contributed by atoms with Gasteiger partial charge in [0.25, 0.3) is 5.91 Å². The van der Waals surface area contributed by atoms with Gasteiger partial charge in [0.15, 0.2) is 5.96 Å². The van der Waals surface area contributed by atoms with Crippen LogP contribution in [0.1, 0.15) is 35.7 Å². The van der Waals surface area contributed by atoms with Crippen molar-refractivity contribution in [1.82, 2.24) is 10.2 Å². The summed E-state index contributed by atoms with van der Waals surface area (Å²) in [6, 6.07) is 4.45. The van der Waals surface area contributed by atoms with Crippen LogP contribution < -0.4 is 11.1 Å². The first-order valence-electron chi connectivity index (χ1n) is 8.06. The van der Waals surface area contributed by atoms with E-state index in [0.717, 1.165) is 31.8 Å². The van der Waals surface area contributed by atoms with Gasteiger partial charge < -0.3 is 16.0 Å². The van der Waals surface area contributed by atoms with E-state index in [4.69, 9.17) is 5.73 Å². The van der Waals surface area contributed by atoms with Crippen molar-refractivity contribution in [3.05, 3.63) is 35.1 Å². The van der Waals surface area contributed by atoms with Gasteiger partial charge in [0.1, 0.15) is 5.82 Å². The Balaban J connectivity index is 0.00000288. The molecule has 7 heteroatoms. The monoisotopic (exact) mass is 448 g/mol. The number of hydrogen-bond acceptors (Lipinski definition) is 2. The number of rotatable bonds is 4. The average Bonchev–Trinajstić information content (AvgIpc) is 2.54. The Morgan fingerprint density at radius 1 is 1.42 bits per heavy atom. The second kappa shape index (κ2) is 9.80. The number of amides is 1. The largest absolute Gasteiger partial charge is 0.370 e. The van der Waals surface area contributed by atoms with Crippen molar-refractivity contribution in [3.8, 4) is 0 Å². The number of likely N-dealkylation sites (tertiary alicyclic amines) is 1. The van der Waals surface area contributed by atoms with E-state index >= 15 is 0 Å². The molecule has 1 heterocycles. The molecular formula is C17H26FIN4O. The molecule has 3 N–H and O–H groups in total. The van der Waals surface area contributed by atoms with Crippen LogP contribution in [0.2, 0.25) is 0 Å². The molecule has 0 atom stereocenters. The summed E-state index contributed by atoms with van der Waals surface area (Å²) in [5.41, 5.74) is 6.81. The number of nitrogens with zero attached hydrogens (tertiary/aromatic N) is 2. The number of nitrogens with two attached hydrogens (primary N) is 1. The van der Waals surface area contributed by atoms with Gasteiger partial charge in [-0.2, -0.15) is 0 Å². The summed E-state index contributed by atoms with van der Waals surface area (Å²) in [5, 5.41) is 2.72. The molecule has 1 aromatic rings. The summed E-state index contributed by atoms with van der Waals surface area (Å²) in [4.78, 5) is 18.3. The minimum absolute atomic E-state index is 0. The molecule has 1 aliphatic rings. The van der Waals surface area contributed by atoms with Crippen LogP contribution in [0.3, 0.4) is 0 Å². The molecule has 0 spiro atoms. The van der Waals surface area contributed by atoms with Crippen LogP contribution in [0.5, 0.6) is 0 Å². The van der Waals surface area contributed by atoms with E-state index < -0.39 is 0 Å². The zero-order chi connectivity index (χ0) is 16.8. The molecule has 1 aromatic carbocycles. The van der Waals surface area contributed by atoms with Gasteiger partial charge in [-0.05, 0) is 43.4 Å². The predicted molar refractivity (Wildman–Crippen MR) is 105 cm³/mol. The number of carbonyl (C=O) groups is 1. The summed E-state index contributed by atoms with van der Waals surface area (Å²) in [7, 11) is 0. The van der Waals surface area contributed by atoms with Gasteiger partial charge >= 0.3 is 0 Å². The molecular weight excluding hydrogens is 422 g/mol. The molecule has 0 unspecified atom stereocenters. The maximum absolute atomic E-state index is 13.4. The number of benzene rings is 1. The molecule has 1 saturated heterocycles. The van der Waals surface area contributed by atoms with Crippen molar-refractivity contribution in [2.24, 2.45) is 16.6 Å². The van der Waals surface area contributed by atoms with Gasteiger partial charge in [0.2, 0.25) is 0 Å². The molecule has 5 nitrogen and oxygen atoms in total. The molecule has 0 radical (unpaired) electrons. The van der Waals surface area contributed by atoms with Gasteiger partial charge in [-0.3, -0.25) is 9.79 Å². The minimum atomic E-state index is -0.376. The number of halogens is 2. The zero-order valence-corrected chi connectivity index (χ0v) is 16.5. The third kappa shape index (κ3) is 5.92. The van der Waals surface area contributed by atoms with Crippen molar-refractivity contribution in [3.63, 3.8) is 0 Å². The van der Waals surface area contributed by atoms with E-state index in [-0.39, 0.29) is 35.7 Å². The van der Waals surface area contributed by atoms with Crippen molar-refractivity contribution in [1.29, 1.82) is 0 Å². The van der Waals surface area contributed by atoms with Crippen molar-refractivity contribution < 1.29 is 9.18 Å². The Hall–Kier alpha value is -1.38. The summed E-state index contributed by atoms with van der Waals surface area (Å²) < 4.78 is 13.4. The van der Waals surface area contributed by atoms with Gasteiger partial charge in [0, 0.05) is 25.2 Å². The fourth-order valence-electron chi connectivity index (χ4n) is 2.51. The number of carbonyl (C=O) groups excluding carboxylic acids is 1.